The van der Waals surface area contributed by atoms with Crippen molar-refractivity contribution in [1.82, 2.24) is 4.90 Å². The Hall–Kier alpha value is -2.46. The number of nitrogens with zero attached hydrogens (tertiary/aromatic N) is 1. The third kappa shape index (κ3) is 4.87. The maximum Gasteiger partial charge on any atom is 0.0525 e. The average Bonchev–Trinajstić information content (AvgIpc) is 2.76. The molecule has 0 aliphatic rings. The van der Waals surface area contributed by atoms with Crippen LogP contribution in [0.5, 0.6) is 0 Å². The second-order valence-electron chi connectivity index (χ2n) is 7.66. The highest BCUT2D eigenvalue weighted by atomic mass is 16.3. The van der Waals surface area contributed by atoms with Crippen LogP contribution >= 0.6 is 0 Å². The van der Waals surface area contributed by atoms with Gasteiger partial charge in [-0.05, 0) is 16.7 Å². The van der Waals surface area contributed by atoms with Crippen molar-refractivity contribution in [3.05, 3.63) is 108 Å². The van der Waals surface area contributed by atoms with E-state index in [1.165, 1.54) is 11.1 Å². The summed E-state index contributed by atoms with van der Waals surface area (Å²) in [6.45, 7) is 3.22. The zero-order valence-electron chi connectivity index (χ0n) is 16.4. The molecule has 1 atom stereocenters. The lowest BCUT2D eigenvalue weighted by molar-refractivity contribution is -0.0234. The Balaban J connectivity index is 2.04. The second kappa shape index (κ2) is 9.65. The number of aliphatic hydroxyl groups is 2. The van der Waals surface area contributed by atoms with Crippen LogP contribution < -0.4 is 0 Å². The SMILES string of the molecule is CC(CO)(CO)C(c1ccccc1)N(Cc1ccccc1)Cc1ccccc1. The Morgan fingerprint density at radius 3 is 1.46 bits per heavy atom. The highest BCUT2D eigenvalue weighted by Crippen LogP contribution is 2.40. The van der Waals surface area contributed by atoms with E-state index in [1.54, 1.807) is 0 Å². The molecule has 3 aromatic carbocycles. The molecule has 0 bridgehead atoms. The van der Waals surface area contributed by atoms with E-state index in [4.69, 9.17) is 0 Å². The number of aliphatic hydroxyl groups excluding tert-OH is 2. The van der Waals surface area contributed by atoms with E-state index in [0.29, 0.717) is 0 Å². The van der Waals surface area contributed by atoms with Crippen molar-refractivity contribution in [3.8, 4) is 0 Å². The van der Waals surface area contributed by atoms with Crippen LogP contribution in [0, 0.1) is 5.41 Å². The molecule has 0 saturated carbocycles. The van der Waals surface area contributed by atoms with Crippen LogP contribution in [-0.4, -0.2) is 28.3 Å². The lowest BCUT2D eigenvalue weighted by Crippen LogP contribution is -2.43. The van der Waals surface area contributed by atoms with Crippen LogP contribution in [0.15, 0.2) is 91.0 Å². The zero-order valence-corrected chi connectivity index (χ0v) is 16.4. The Morgan fingerprint density at radius 1 is 0.679 bits per heavy atom. The molecule has 0 heterocycles. The molecule has 0 fully saturated rings. The summed E-state index contributed by atoms with van der Waals surface area (Å²) < 4.78 is 0. The zero-order chi connectivity index (χ0) is 19.8. The van der Waals surface area contributed by atoms with Crippen molar-refractivity contribution in [2.24, 2.45) is 5.41 Å². The van der Waals surface area contributed by atoms with E-state index in [0.717, 1.165) is 18.7 Å². The molecule has 146 valence electrons. The summed E-state index contributed by atoms with van der Waals surface area (Å²) in [5.74, 6) is 0. The van der Waals surface area contributed by atoms with Gasteiger partial charge in [0.25, 0.3) is 0 Å². The largest absolute Gasteiger partial charge is 0.396 e. The normalized spacial score (nSPS) is 12.9. The molecule has 0 amide bonds. The van der Waals surface area contributed by atoms with Crippen LogP contribution in [0.4, 0.5) is 0 Å². The molecule has 0 aliphatic heterocycles. The van der Waals surface area contributed by atoms with Gasteiger partial charge in [0.05, 0.1) is 13.2 Å². The molecular weight excluding hydrogens is 346 g/mol. The van der Waals surface area contributed by atoms with Gasteiger partial charge in [-0.3, -0.25) is 4.90 Å². The molecule has 28 heavy (non-hydrogen) atoms. The predicted molar refractivity (Wildman–Crippen MR) is 114 cm³/mol. The predicted octanol–water partition coefficient (Wildman–Crippen LogP) is 4.42. The van der Waals surface area contributed by atoms with Gasteiger partial charge in [-0.2, -0.15) is 0 Å². The lowest BCUT2D eigenvalue weighted by Gasteiger charge is -2.43. The molecule has 0 aliphatic carbocycles. The second-order valence-corrected chi connectivity index (χ2v) is 7.66. The molecule has 0 aromatic heterocycles. The first-order valence-corrected chi connectivity index (χ1v) is 9.75. The summed E-state index contributed by atoms with van der Waals surface area (Å²) in [7, 11) is 0. The van der Waals surface area contributed by atoms with Crippen LogP contribution in [0.2, 0.25) is 0 Å². The Morgan fingerprint density at radius 2 is 1.07 bits per heavy atom. The van der Waals surface area contributed by atoms with Crippen molar-refractivity contribution in [2.45, 2.75) is 26.1 Å². The monoisotopic (exact) mass is 375 g/mol. The molecule has 1 unspecified atom stereocenters. The maximum absolute atomic E-state index is 10.2. The average molecular weight is 376 g/mol. The van der Waals surface area contributed by atoms with E-state index in [-0.39, 0.29) is 19.3 Å². The van der Waals surface area contributed by atoms with E-state index in [1.807, 2.05) is 61.5 Å². The van der Waals surface area contributed by atoms with Gasteiger partial charge in [0.2, 0.25) is 0 Å². The molecule has 0 saturated heterocycles. The minimum absolute atomic E-state index is 0.0941. The fourth-order valence-electron chi connectivity index (χ4n) is 3.79. The fraction of sp³-hybridized carbons (Fsp3) is 0.280. The van der Waals surface area contributed by atoms with Gasteiger partial charge < -0.3 is 10.2 Å². The smallest absolute Gasteiger partial charge is 0.0525 e. The van der Waals surface area contributed by atoms with Gasteiger partial charge in [-0.15, -0.1) is 0 Å². The van der Waals surface area contributed by atoms with Crippen molar-refractivity contribution in [3.63, 3.8) is 0 Å². The topological polar surface area (TPSA) is 43.7 Å². The summed E-state index contributed by atoms with van der Waals surface area (Å²) in [4.78, 5) is 2.35. The number of rotatable bonds is 9. The van der Waals surface area contributed by atoms with Gasteiger partial charge in [-0.1, -0.05) is 97.9 Å². The van der Waals surface area contributed by atoms with Crippen LogP contribution in [0.25, 0.3) is 0 Å². The highest BCUT2D eigenvalue weighted by Gasteiger charge is 2.38. The minimum Gasteiger partial charge on any atom is -0.396 e. The third-order valence-corrected chi connectivity index (χ3v) is 5.32. The molecule has 3 heteroatoms. The Kier molecular flexibility index (Phi) is 6.99. The lowest BCUT2D eigenvalue weighted by atomic mass is 9.78. The summed E-state index contributed by atoms with van der Waals surface area (Å²) >= 11 is 0. The number of benzene rings is 3. The van der Waals surface area contributed by atoms with Gasteiger partial charge in [-0.25, -0.2) is 0 Å². The first-order valence-electron chi connectivity index (χ1n) is 9.75. The van der Waals surface area contributed by atoms with Gasteiger partial charge in [0.15, 0.2) is 0 Å². The van der Waals surface area contributed by atoms with Crippen molar-refractivity contribution >= 4 is 0 Å². The van der Waals surface area contributed by atoms with Crippen LogP contribution in [0.3, 0.4) is 0 Å². The molecule has 3 nitrogen and oxygen atoms in total. The summed E-state index contributed by atoms with van der Waals surface area (Å²) in [5, 5.41) is 20.4. The van der Waals surface area contributed by atoms with Crippen molar-refractivity contribution in [2.75, 3.05) is 13.2 Å². The fourth-order valence-corrected chi connectivity index (χ4v) is 3.79. The van der Waals surface area contributed by atoms with Crippen molar-refractivity contribution < 1.29 is 10.2 Å². The number of hydrogen-bond acceptors (Lipinski definition) is 3. The third-order valence-electron chi connectivity index (χ3n) is 5.32. The van der Waals surface area contributed by atoms with E-state index < -0.39 is 5.41 Å². The first kappa shape index (κ1) is 20.3. The van der Waals surface area contributed by atoms with Crippen molar-refractivity contribution in [1.29, 1.82) is 0 Å². The number of hydrogen-bond donors (Lipinski definition) is 2. The van der Waals surface area contributed by atoms with E-state index in [9.17, 15) is 10.2 Å². The highest BCUT2D eigenvalue weighted by molar-refractivity contribution is 5.24. The van der Waals surface area contributed by atoms with Gasteiger partial charge >= 0.3 is 0 Å². The molecule has 3 aromatic rings. The first-order chi connectivity index (χ1) is 13.7. The quantitative estimate of drug-likeness (QED) is 0.582. The standard InChI is InChI=1S/C25H29NO2/c1-25(19-27,20-28)24(23-15-9-4-10-16-23)26(17-21-11-5-2-6-12-21)18-22-13-7-3-8-14-22/h2-16,24,27-28H,17-20H2,1H3. The Bertz CT molecular complexity index is 775. The van der Waals surface area contributed by atoms with E-state index >= 15 is 0 Å². The molecular formula is C25H29NO2. The molecule has 0 radical (unpaired) electrons. The minimum atomic E-state index is -0.676. The Labute approximate surface area is 167 Å². The van der Waals surface area contributed by atoms with Gasteiger partial charge in [0.1, 0.15) is 0 Å². The van der Waals surface area contributed by atoms with Gasteiger partial charge in [0, 0.05) is 24.5 Å². The van der Waals surface area contributed by atoms with E-state index in [2.05, 4.69) is 41.3 Å². The molecule has 3 rings (SSSR count). The summed E-state index contributed by atoms with van der Waals surface area (Å²) in [5.41, 5.74) is 2.83. The summed E-state index contributed by atoms with van der Waals surface area (Å²) in [6.07, 6.45) is 0. The maximum atomic E-state index is 10.2. The summed E-state index contributed by atoms with van der Waals surface area (Å²) in [6, 6.07) is 30.8. The van der Waals surface area contributed by atoms with Crippen LogP contribution in [-0.2, 0) is 13.1 Å². The van der Waals surface area contributed by atoms with Crippen LogP contribution in [0.1, 0.15) is 29.7 Å². The molecule has 0 spiro atoms. The molecule has 2 N–H and O–H groups in total.